The number of hydrogen-bond acceptors (Lipinski definition) is 6. The molecule has 1 unspecified atom stereocenters. The second-order valence-electron chi connectivity index (χ2n) is 7.89. The maximum atomic E-state index is 12.7. The summed E-state index contributed by atoms with van der Waals surface area (Å²) >= 11 is 0. The summed E-state index contributed by atoms with van der Waals surface area (Å²) < 4.78 is 41.7. The molecule has 0 aliphatic carbocycles. The number of anilines is 1. The fourth-order valence-corrected chi connectivity index (χ4v) is 2.62. The molecule has 0 fully saturated rings. The first-order chi connectivity index (χ1) is 14.7. The van der Waals surface area contributed by atoms with Crippen LogP contribution >= 0.6 is 0 Å². The van der Waals surface area contributed by atoms with E-state index in [0.29, 0.717) is 16.8 Å². The van der Waals surface area contributed by atoms with Gasteiger partial charge in [0.2, 0.25) is 5.88 Å². The molecular formula is C21H25F3N4O4. The van der Waals surface area contributed by atoms with E-state index in [9.17, 15) is 27.9 Å². The van der Waals surface area contributed by atoms with Crippen LogP contribution in [0, 0.1) is 13.8 Å². The van der Waals surface area contributed by atoms with Crippen LogP contribution in [-0.2, 0) is 4.79 Å². The Morgan fingerprint density at radius 1 is 1.19 bits per heavy atom. The zero-order chi connectivity index (χ0) is 24.3. The van der Waals surface area contributed by atoms with Gasteiger partial charge in [-0.1, -0.05) is 0 Å². The van der Waals surface area contributed by atoms with Gasteiger partial charge in [-0.05, 0) is 58.4 Å². The van der Waals surface area contributed by atoms with Crippen LogP contribution in [0.1, 0.15) is 54.0 Å². The number of aryl methyl sites for hydroxylation is 2. The van der Waals surface area contributed by atoms with Crippen molar-refractivity contribution in [1.29, 1.82) is 0 Å². The van der Waals surface area contributed by atoms with Gasteiger partial charge in [0.05, 0.1) is 6.04 Å². The van der Waals surface area contributed by atoms with Crippen molar-refractivity contribution >= 4 is 17.6 Å². The number of carbonyl (C=O) groups excluding carboxylic acids is 2. The first kappa shape index (κ1) is 25.1. The topological polar surface area (TPSA) is 113 Å². The molecule has 0 bridgehead atoms. The average molecular weight is 454 g/mol. The molecule has 2 amide bonds. The monoisotopic (exact) mass is 454 g/mol. The molecule has 11 heteroatoms. The van der Waals surface area contributed by atoms with Gasteiger partial charge in [0, 0.05) is 23.0 Å². The Kier molecular flexibility index (Phi) is 7.45. The van der Waals surface area contributed by atoms with Gasteiger partial charge >= 0.3 is 6.18 Å². The summed E-state index contributed by atoms with van der Waals surface area (Å²) in [6, 6.07) is 3.96. The molecule has 2 heterocycles. The number of pyridine rings is 2. The molecule has 0 saturated carbocycles. The number of alkyl halides is 3. The minimum absolute atomic E-state index is 0.110. The molecule has 0 aromatic carbocycles. The molecule has 32 heavy (non-hydrogen) atoms. The van der Waals surface area contributed by atoms with Gasteiger partial charge in [0.15, 0.2) is 6.61 Å². The van der Waals surface area contributed by atoms with Crippen LogP contribution < -0.4 is 15.4 Å². The number of ether oxygens (including phenoxy) is 1. The fraction of sp³-hybridized carbons (Fsp3) is 0.429. The number of nitrogens with zero attached hydrogens (tertiary/aromatic N) is 2. The molecule has 0 saturated heterocycles. The van der Waals surface area contributed by atoms with E-state index < -0.39 is 36.2 Å². The second-order valence-corrected chi connectivity index (χ2v) is 7.89. The summed E-state index contributed by atoms with van der Waals surface area (Å²) in [6.45, 7) is 6.09. The molecule has 2 aromatic heterocycles. The number of aromatic nitrogens is 2. The summed E-state index contributed by atoms with van der Waals surface area (Å²) in [6.07, 6.45) is -3.14. The summed E-state index contributed by atoms with van der Waals surface area (Å²) in [5.41, 5.74) is 0.0365. The van der Waals surface area contributed by atoms with E-state index in [1.165, 1.54) is 32.2 Å². The Balaban J connectivity index is 2.12. The summed E-state index contributed by atoms with van der Waals surface area (Å²) in [7, 11) is 0. The Hall–Kier alpha value is -3.21. The van der Waals surface area contributed by atoms with Gasteiger partial charge in [0.1, 0.15) is 11.4 Å². The van der Waals surface area contributed by atoms with Gasteiger partial charge in [-0.25, -0.2) is 9.97 Å². The molecule has 1 atom stereocenters. The van der Waals surface area contributed by atoms with Crippen molar-refractivity contribution in [2.45, 2.75) is 52.4 Å². The number of rotatable bonds is 7. The van der Waals surface area contributed by atoms with Crippen LogP contribution in [0.4, 0.5) is 19.0 Å². The van der Waals surface area contributed by atoms with Crippen LogP contribution in [0.3, 0.4) is 0 Å². The van der Waals surface area contributed by atoms with E-state index >= 15 is 0 Å². The highest BCUT2D eigenvalue weighted by atomic mass is 19.4. The lowest BCUT2D eigenvalue weighted by molar-refractivity contribution is -0.154. The maximum Gasteiger partial charge on any atom is 0.422 e. The number of carbonyl (C=O) groups is 2. The van der Waals surface area contributed by atoms with Crippen molar-refractivity contribution in [3.63, 3.8) is 0 Å². The van der Waals surface area contributed by atoms with Crippen LogP contribution in [0.5, 0.6) is 5.88 Å². The lowest BCUT2D eigenvalue weighted by Crippen LogP contribution is -2.37. The minimum Gasteiger partial charge on any atom is -0.468 e. The van der Waals surface area contributed by atoms with Gasteiger partial charge in [0.25, 0.3) is 11.8 Å². The van der Waals surface area contributed by atoms with Crippen molar-refractivity contribution in [2.24, 2.45) is 0 Å². The highest BCUT2D eigenvalue weighted by Crippen LogP contribution is 2.23. The van der Waals surface area contributed by atoms with Crippen LogP contribution in [-0.4, -0.2) is 45.3 Å². The Morgan fingerprint density at radius 2 is 1.84 bits per heavy atom. The first-order valence-electron chi connectivity index (χ1n) is 9.65. The number of halogens is 3. The van der Waals surface area contributed by atoms with Crippen LogP contribution in [0.25, 0.3) is 0 Å². The van der Waals surface area contributed by atoms with Gasteiger partial charge in [-0.15, -0.1) is 0 Å². The van der Waals surface area contributed by atoms with E-state index in [4.69, 9.17) is 0 Å². The highest BCUT2D eigenvalue weighted by Gasteiger charge is 2.29. The molecule has 2 rings (SSSR count). The maximum absolute atomic E-state index is 12.7. The number of hydrogen-bond donors (Lipinski definition) is 3. The summed E-state index contributed by atoms with van der Waals surface area (Å²) in [5.74, 6) is -1.17. The standard InChI is InChI=1S/C21H25F3N4O4/c1-11-6-15(9-25-18(11)32-10-21(22,23)24)13(3)27-17(29)14-7-12(2)26-16(8-14)28-19(30)20(4,5)31/h6-9,13,31H,10H2,1-5H3,(H,27,29)(H,26,28,30). The van der Waals surface area contributed by atoms with E-state index in [0.717, 1.165) is 0 Å². The Morgan fingerprint density at radius 3 is 2.41 bits per heavy atom. The summed E-state index contributed by atoms with van der Waals surface area (Å²) in [5, 5.41) is 15.0. The predicted molar refractivity (Wildman–Crippen MR) is 110 cm³/mol. The van der Waals surface area contributed by atoms with E-state index in [1.54, 1.807) is 26.8 Å². The molecule has 0 spiro atoms. The molecule has 0 aliphatic heterocycles. The Labute approximate surface area is 183 Å². The normalized spacial score (nSPS) is 12.8. The molecule has 0 aliphatic rings. The van der Waals surface area contributed by atoms with Gasteiger partial charge < -0.3 is 20.5 Å². The van der Waals surface area contributed by atoms with Gasteiger partial charge in [-0.2, -0.15) is 13.2 Å². The molecule has 0 radical (unpaired) electrons. The quantitative estimate of drug-likeness (QED) is 0.592. The predicted octanol–water partition coefficient (Wildman–Crippen LogP) is 3.23. The van der Waals surface area contributed by atoms with Crippen molar-refractivity contribution in [3.8, 4) is 5.88 Å². The Bertz CT molecular complexity index is 1000. The third-order valence-electron chi connectivity index (χ3n) is 4.28. The number of aliphatic hydroxyl groups is 1. The minimum atomic E-state index is -4.47. The van der Waals surface area contributed by atoms with E-state index in [2.05, 4.69) is 25.3 Å². The molecule has 8 nitrogen and oxygen atoms in total. The largest absolute Gasteiger partial charge is 0.468 e. The smallest absolute Gasteiger partial charge is 0.422 e. The van der Waals surface area contributed by atoms with Crippen LogP contribution in [0.2, 0.25) is 0 Å². The van der Waals surface area contributed by atoms with E-state index in [-0.39, 0.29) is 17.3 Å². The highest BCUT2D eigenvalue weighted by molar-refractivity contribution is 5.98. The molecule has 2 aromatic rings. The first-order valence-corrected chi connectivity index (χ1v) is 9.65. The lowest BCUT2D eigenvalue weighted by atomic mass is 10.1. The molecule has 3 N–H and O–H groups in total. The third kappa shape index (κ3) is 7.19. The lowest BCUT2D eigenvalue weighted by Gasteiger charge is -2.18. The van der Waals surface area contributed by atoms with Gasteiger partial charge in [-0.3, -0.25) is 9.59 Å². The van der Waals surface area contributed by atoms with E-state index in [1.807, 2.05) is 0 Å². The average Bonchev–Trinajstić information content (AvgIpc) is 2.64. The fourth-order valence-electron chi connectivity index (χ4n) is 2.62. The van der Waals surface area contributed by atoms with Crippen LogP contribution in [0.15, 0.2) is 24.4 Å². The zero-order valence-corrected chi connectivity index (χ0v) is 18.3. The van der Waals surface area contributed by atoms with Crippen molar-refractivity contribution in [1.82, 2.24) is 15.3 Å². The van der Waals surface area contributed by atoms with Crippen molar-refractivity contribution in [2.75, 3.05) is 11.9 Å². The second kappa shape index (κ2) is 9.51. The van der Waals surface area contributed by atoms with Crippen molar-refractivity contribution < 1.29 is 32.6 Å². The molecule has 174 valence electrons. The SMILES string of the molecule is Cc1cc(C(=O)NC(C)c2cnc(OCC(F)(F)F)c(C)c2)cc(NC(=O)C(C)(C)O)n1. The molecular weight excluding hydrogens is 429 g/mol. The summed E-state index contributed by atoms with van der Waals surface area (Å²) in [4.78, 5) is 32.7. The van der Waals surface area contributed by atoms with Crippen molar-refractivity contribution in [3.05, 3.63) is 46.8 Å². The third-order valence-corrected chi connectivity index (χ3v) is 4.28. The number of amides is 2. The zero-order valence-electron chi connectivity index (χ0n) is 18.3. The number of nitrogens with one attached hydrogen (secondary N) is 2.